The van der Waals surface area contributed by atoms with E-state index < -0.39 is 0 Å². The molecule has 0 unspecified atom stereocenters. The van der Waals surface area contributed by atoms with Crippen LogP contribution in [0, 0.1) is 19.9 Å². The minimum Gasteiger partial charge on any atom is -0.355 e. The minimum atomic E-state index is -0.294. The minimum absolute atomic E-state index is 0.294. The fourth-order valence-electron chi connectivity index (χ4n) is 4.54. The van der Waals surface area contributed by atoms with E-state index in [1.54, 1.807) is 6.92 Å². The summed E-state index contributed by atoms with van der Waals surface area (Å²) in [6.45, 7) is 7.75. The van der Waals surface area contributed by atoms with Gasteiger partial charge < -0.3 is 4.90 Å². The third-order valence-electron chi connectivity index (χ3n) is 6.54. The molecule has 0 fully saturated rings. The van der Waals surface area contributed by atoms with Crippen molar-refractivity contribution in [3.8, 4) is 28.6 Å². The van der Waals surface area contributed by atoms with E-state index in [1.165, 1.54) is 11.1 Å². The van der Waals surface area contributed by atoms with Crippen LogP contribution in [0.1, 0.15) is 62.3 Å². The van der Waals surface area contributed by atoms with E-state index in [-0.39, 0.29) is 5.97 Å². The lowest BCUT2D eigenvalue weighted by molar-refractivity contribution is -0.138. The zero-order chi connectivity index (χ0) is 25.3. The van der Waals surface area contributed by atoms with Gasteiger partial charge in [0.25, 0.3) is 0 Å². The quantitative estimate of drug-likeness (QED) is 0.244. The highest BCUT2D eigenvalue weighted by Crippen LogP contribution is 2.35. The molecule has 0 saturated carbocycles. The number of unbranched alkanes of at least 4 members (excludes halogenated alkanes) is 3. The summed E-state index contributed by atoms with van der Waals surface area (Å²) in [4.78, 5) is 29.1. The summed E-state index contributed by atoms with van der Waals surface area (Å²) < 4.78 is 0. The van der Waals surface area contributed by atoms with Gasteiger partial charge in [-0.3, -0.25) is 0 Å². The van der Waals surface area contributed by atoms with E-state index in [2.05, 4.69) is 83.2 Å². The van der Waals surface area contributed by atoms with Gasteiger partial charge in [-0.25, -0.2) is 14.8 Å². The lowest BCUT2D eigenvalue weighted by Crippen LogP contribution is -2.32. The molecule has 0 atom stereocenters. The van der Waals surface area contributed by atoms with Crippen LogP contribution in [0.4, 0.5) is 5.82 Å². The lowest BCUT2D eigenvalue weighted by Gasteiger charge is -2.30. The monoisotopic (exact) mass is 483 g/mol. The fraction of sp³-hybridized carbons (Fsp3) is 0.400. The molecule has 0 radical (unpaired) electrons. The fourth-order valence-corrected chi connectivity index (χ4v) is 4.54. The Hall–Kier alpha value is -3.72. The first-order chi connectivity index (χ1) is 17.5. The van der Waals surface area contributed by atoms with E-state index in [0.29, 0.717) is 6.42 Å². The predicted molar refractivity (Wildman–Crippen MR) is 145 cm³/mol. The summed E-state index contributed by atoms with van der Waals surface area (Å²) in [7, 11) is 0. The number of hydrogen-bond donors (Lipinski definition) is 0. The second-order valence-corrected chi connectivity index (χ2v) is 9.46. The second-order valence-electron chi connectivity index (χ2n) is 9.46. The molecule has 3 aromatic rings. The zero-order valence-electron chi connectivity index (χ0n) is 21.6. The lowest BCUT2D eigenvalue weighted by atomic mass is 10.0. The first-order valence-electron chi connectivity index (χ1n) is 12.9. The number of fused-ring (bicyclic) bond motifs is 1. The summed E-state index contributed by atoms with van der Waals surface area (Å²) in [6.07, 6.45) is 6.34. The summed E-state index contributed by atoms with van der Waals surface area (Å²) in [5, 5.41) is 3.41. The molecule has 186 valence electrons. The van der Waals surface area contributed by atoms with Crippen LogP contribution < -0.4 is 4.90 Å². The number of anilines is 1. The maximum Gasteiger partial charge on any atom is 0.399 e. The maximum absolute atomic E-state index is 11.6. The van der Waals surface area contributed by atoms with Gasteiger partial charge in [-0.15, -0.1) is 0 Å². The molecule has 6 nitrogen and oxygen atoms in total. The van der Waals surface area contributed by atoms with E-state index in [0.717, 1.165) is 85.6 Å². The molecule has 0 spiro atoms. The normalized spacial score (nSPS) is 12.5. The second kappa shape index (κ2) is 12.3. The SMILES string of the molecule is CC#[N+]OC(=O)CCCCCCN1CCCc2nc(-c3ccc(C)cc3)c(-c3ccc(C)cc3)nc21. The van der Waals surface area contributed by atoms with Gasteiger partial charge in [0.2, 0.25) is 5.01 Å². The van der Waals surface area contributed by atoms with Crippen LogP contribution in [0.15, 0.2) is 48.5 Å². The molecule has 2 aromatic carbocycles. The van der Waals surface area contributed by atoms with Gasteiger partial charge >= 0.3 is 12.0 Å². The highest BCUT2D eigenvalue weighted by molar-refractivity contribution is 5.79. The Kier molecular flexibility index (Phi) is 8.67. The summed E-state index contributed by atoms with van der Waals surface area (Å²) in [6, 6.07) is 19.6. The van der Waals surface area contributed by atoms with Crippen LogP contribution in [0.25, 0.3) is 27.5 Å². The molecule has 1 aliphatic rings. The van der Waals surface area contributed by atoms with Gasteiger partial charge in [-0.2, -0.15) is 0 Å². The highest BCUT2D eigenvalue weighted by atomic mass is 16.7. The van der Waals surface area contributed by atoms with Crippen molar-refractivity contribution in [1.29, 1.82) is 0 Å². The first-order valence-corrected chi connectivity index (χ1v) is 12.9. The number of rotatable bonds is 9. The molecule has 0 amide bonds. The van der Waals surface area contributed by atoms with Gasteiger partial charge in [-0.05, 0) is 39.5 Å². The number of carbonyl (C=O) groups excluding carboxylic acids is 1. The third-order valence-corrected chi connectivity index (χ3v) is 6.54. The highest BCUT2D eigenvalue weighted by Gasteiger charge is 2.23. The van der Waals surface area contributed by atoms with Gasteiger partial charge in [0.15, 0.2) is 5.82 Å². The largest absolute Gasteiger partial charge is 0.399 e. The van der Waals surface area contributed by atoms with Crippen molar-refractivity contribution in [1.82, 2.24) is 9.97 Å². The molecule has 1 aliphatic heterocycles. The Bertz CT molecular complexity index is 1240. The van der Waals surface area contributed by atoms with Crippen LogP contribution >= 0.6 is 0 Å². The topological polar surface area (TPSA) is 59.7 Å². The van der Waals surface area contributed by atoms with Crippen LogP contribution in [-0.4, -0.2) is 29.0 Å². The van der Waals surface area contributed by atoms with Crippen LogP contribution in [-0.2, 0) is 16.1 Å². The molecular formula is C30H35N4O2+. The Balaban J connectivity index is 1.50. The van der Waals surface area contributed by atoms with E-state index in [4.69, 9.17) is 9.97 Å². The van der Waals surface area contributed by atoms with E-state index in [9.17, 15) is 4.79 Å². The molecular weight excluding hydrogens is 448 g/mol. The van der Waals surface area contributed by atoms with Gasteiger partial charge in [0.05, 0.1) is 30.4 Å². The van der Waals surface area contributed by atoms with E-state index >= 15 is 0 Å². The van der Waals surface area contributed by atoms with Crippen molar-refractivity contribution >= 4 is 11.8 Å². The molecule has 0 saturated heterocycles. The van der Waals surface area contributed by atoms with Gasteiger partial charge in [-0.1, -0.05) is 77.3 Å². The van der Waals surface area contributed by atoms with E-state index in [1.807, 2.05) is 0 Å². The van der Waals surface area contributed by atoms with Crippen LogP contribution in [0.2, 0.25) is 0 Å². The summed E-state index contributed by atoms with van der Waals surface area (Å²) >= 11 is 0. The number of aryl methyl sites for hydroxylation is 3. The molecule has 36 heavy (non-hydrogen) atoms. The average Bonchev–Trinajstić information content (AvgIpc) is 2.89. The number of carbonyl (C=O) groups is 1. The number of hydrogen-bond acceptors (Lipinski definition) is 5. The molecule has 0 aliphatic carbocycles. The molecule has 0 bridgehead atoms. The Morgan fingerprint density at radius 3 is 2.17 bits per heavy atom. The number of nitrogens with zero attached hydrogens (tertiary/aromatic N) is 4. The molecule has 1 aromatic heterocycles. The summed E-state index contributed by atoms with van der Waals surface area (Å²) in [5.74, 6) is 0.725. The van der Waals surface area contributed by atoms with Crippen molar-refractivity contribution in [2.75, 3.05) is 18.0 Å². The standard InChI is InChI=1S/C30H35N4O2/c1-4-31-36-27(35)11-7-5-6-8-20-34-21-9-10-26-30(34)33-29(25-18-14-23(3)15-19-25)28(32-26)24-16-12-22(2)13-17-24/h12-19H,5-11,20-21H2,1-3H3/q+1. The molecule has 4 rings (SSSR count). The van der Waals surface area contributed by atoms with Gasteiger partial charge in [0, 0.05) is 24.2 Å². The Labute approximate surface area is 214 Å². The Morgan fingerprint density at radius 1 is 0.917 bits per heavy atom. The third kappa shape index (κ3) is 6.48. The first kappa shape index (κ1) is 25.4. The smallest absolute Gasteiger partial charge is 0.355 e. The number of benzene rings is 2. The Morgan fingerprint density at radius 2 is 1.53 bits per heavy atom. The molecule has 6 heteroatoms. The van der Waals surface area contributed by atoms with Gasteiger partial charge in [0.1, 0.15) is 0 Å². The number of aromatic nitrogens is 2. The van der Waals surface area contributed by atoms with Crippen molar-refractivity contribution in [3.63, 3.8) is 0 Å². The molecule has 2 heterocycles. The van der Waals surface area contributed by atoms with Crippen molar-refractivity contribution in [2.24, 2.45) is 0 Å². The average molecular weight is 484 g/mol. The van der Waals surface area contributed by atoms with Crippen molar-refractivity contribution in [3.05, 3.63) is 70.4 Å². The molecule has 0 N–H and O–H groups in total. The van der Waals surface area contributed by atoms with Crippen molar-refractivity contribution < 1.29 is 9.63 Å². The predicted octanol–water partition coefficient (Wildman–Crippen LogP) is 6.94. The van der Waals surface area contributed by atoms with Crippen LogP contribution in [0.3, 0.4) is 0 Å². The maximum atomic E-state index is 11.6. The van der Waals surface area contributed by atoms with Crippen LogP contribution in [0.5, 0.6) is 0 Å². The zero-order valence-corrected chi connectivity index (χ0v) is 21.6. The summed E-state index contributed by atoms with van der Waals surface area (Å²) in [5.41, 5.74) is 7.64. The van der Waals surface area contributed by atoms with Crippen molar-refractivity contribution in [2.45, 2.75) is 65.7 Å².